The standard InChI is InChI=1S/C12H16N2O4/c15-9-3-1-5-14(7-9)8-11(16)13-12(17)10-4-2-6-18-10/h2,4,6,9,15H,1,3,5,7-8H2,(H,13,16,17). The van der Waals surface area contributed by atoms with Crippen molar-refractivity contribution in [1.82, 2.24) is 10.2 Å². The molecule has 2 heterocycles. The van der Waals surface area contributed by atoms with Gasteiger partial charge in [0.1, 0.15) is 0 Å². The molecule has 6 heteroatoms. The summed E-state index contributed by atoms with van der Waals surface area (Å²) < 4.78 is 4.89. The van der Waals surface area contributed by atoms with E-state index in [1.54, 1.807) is 6.07 Å². The molecule has 0 aromatic carbocycles. The largest absolute Gasteiger partial charge is 0.459 e. The third kappa shape index (κ3) is 3.41. The summed E-state index contributed by atoms with van der Waals surface area (Å²) in [4.78, 5) is 25.0. The van der Waals surface area contributed by atoms with E-state index in [0.717, 1.165) is 19.4 Å². The van der Waals surface area contributed by atoms with E-state index in [0.29, 0.717) is 6.54 Å². The maximum absolute atomic E-state index is 11.6. The molecule has 1 aromatic rings. The highest BCUT2D eigenvalue weighted by atomic mass is 16.3. The highest BCUT2D eigenvalue weighted by molar-refractivity contribution is 6.03. The number of likely N-dealkylation sites (tertiary alicyclic amines) is 1. The number of carbonyl (C=O) groups is 2. The Labute approximate surface area is 105 Å². The number of furan rings is 1. The van der Waals surface area contributed by atoms with Crippen molar-refractivity contribution in [3.05, 3.63) is 24.2 Å². The lowest BCUT2D eigenvalue weighted by molar-refractivity contribution is -0.122. The molecular weight excluding hydrogens is 236 g/mol. The predicted octanol–water partition coefficient (Wildman–Crippen LogP) is -0.00730. The van der Waals surface area contributed by atoms with Crippen LogP contribution in [-0.2, 0) is 4.79 Å². The van der Waals surface area contributed by atoms with Crippen LogP contribution < -0.4 is 5.32 Å². The molecule has 1 aromatic heterocycles. The normalized spacial score (nSPS) is 20.6. The van der Waals surface area contributed by atoms with Gasteiger partial charge < -0.3 is 9.52 Å². The first-order valence-electron chi connectivity index (χ1n) is 5.93. The molecule has 2 N–H and O–H groups in total. The van der Waals surface area contributed by atoms with Gasteiger partial charge in [-0.2, -0.15) is 0 Å². The molecule has 1 fully saturated rings. The van der Waals surface area contributed by atoms with Gasteiger partial charge >= 0.3 is 0 Å². The van der Waals surface area contributed by atoms with Crippen molar-refractivity contribution in [1.29, 1.82) is 0 Å². The first kappa shape index (κ1) is 12.8. The lowest BCUT2D eigenvalue weighted by atomic mass is 10.1. The van der Waals surface area contributed by atoms with E-state index in [4.69, 9.17) is 4.42 Å². The molecule has 0 spiro atoms. The molecule has 1 unspecified atom stereocenters. The summed E-state index contributed by atoms with van der Waals surface area (Å²) in [5, 5.41) is 11.7. The summed E-state index contributed by atoms with van der Waals surface area (Å²) in [6.45, 7) is 1.35. The molecular formula is C12H16N2O4. The maximum Gasteiger partial charge on any atom is 0.293 e. The number of nitrogens with one attached hydrogen (secondary N) is 1. The van der Waals surface area contributed by atoms with Crippen LogP contribution in [0.25, 0.3) is 0 Å². The van der Waals surface area contributed by atoms with Gasteiger partial charge in [-0.05, 0) is 31.5 Å². The lowest BCUT2D eigenvalue weighted by Crippen LogP contribution is -2.45. The van der Waals surface area contributed by atoms with Crippen LogP contribution in [0.5, 0.6) is 0 Å². The Hall–Kier alpha value is -1.66. The average molecular weight is 252 g/mol. The third-order valence-electron chi connectivity index (χ3n) is 2.85. The van der Waals surface area contributed by atoms with Crippen molar-refractivity contribution in [3.63, 3.8) is 0 Å². The number of β-amino-alcohol motifs (C(OH)–C–C–N with tert-alkyl or cyclic N) is 1. The zero-order chi connectivity index (χ0) is 13.0. The van der Waals surface area contributed by atoms with E-state index in [2.05, 4.69) is 5.32 Å². The molecule has 18 heavy (non-hydrogen) atoms. The van der Waals surface area contributed by atoms with Crippen molar-refractivity contribution in [2.45, 2.75) is 18.9 Å². The number of hydrogen-bond donors (Lipinski definition) is 2. The minimum absolute atomic E-state index is 0.113. The zero-order valence-corrected chi connectivity index (χ0v) is 9.96. The second kappa shape index (κ2) is 5.79. The molecule has 0 bridgehead atoms. The fraction of sp³-hybridized carbons (Fsp3) is 0.500. The number of hydrogen-bond acceptors (Lipinski definition) is 5. The fourth-order valence-electron chi connectivity index (χ4n) is 2.01. The van der Waals surface area contributed by atoms with Crippen molar-refractivity contribution >= 4 is 11.8 Å². The number of rotatable bonds is 3. The second-order valence-electron chi connectivity index (χ2n) is 4.39. The van der Waals surface area contributed by atoms with Gasteiger partial charge in [-0.15, -0.1) is 0 Å². The first-order chi connectivity index (χ1) is 8.65. The number of imide groups is 1. The highest BCUT2D eigenvalue weighted by Gasteiger charge is 2.21. The Morgan fingerprint density at radius 3 is 3.06 bits per heavy atom. The van der Waals surface area contributed by atoms with Gasteiger partial charge in [0.15, 0.2) is 5.76 Å². The molecule has 2 rings (SSSR count). The second-order valence-corrected chi connectivity index (χ2v) is 4.39. The quantitative estimate of drug-likeness (QED) is 0.790. The smallest absolute Gasteiger partial charge is 0.293 e. The van der Waals surface area contributed by atoms with E-state index in [1.165, 1.54) is 12.3 Å². The van der Waals surface area contributed by atoms with Crippen LogP contribution in [-0.4, -0.2) is 47.6 Å². The van der Waals surface area contributed by atoms with Gasteiger partial charge in [0.05, 0.1) is 18.9 Å². The number of amides is 2. The zero-order valence-electron chi connectivity index (χ0n) is 9.96. The van der Waals surface area contributed by atoms with Gasteiger partial charge in [-0.3, -0.25) is 19.8 Å². The summed E-state index contributed by atoms with van der Waals surface area (Å²) in [5.41, 5.74) is 0. The summed E-state index contributed by atoms with van der Waals surface area (Å²) >= 11 is 0. The molecule has 0 aliphatic carbocycles. The van der Waals surface area contributed by atoms with Gasteiger partial charge in [-0.1, -0.05) is 0 Å². The average Bonchev–Trinajstić information content (AvgIpc) is 2.81. The molecule has 1 atom stereocenters. The van der Waals surface area contributed by atoms with Crippen LogP contribution in [0.2, 0.25) is 0 Å². The Morgan fingerprint density at radius 2 is 2.39 bits per heavy atom. The molecule has 2 amide bonds. The SMILES string of the molecule is O=C(CN1CCCC(O)C1)NC(=O)c1ccco1. The molecule has 1 aliphatic heterocycles. The van der Waals surface area contributed by atoms with Gasteiger partial charge in [0.2, 0.25) is 5.91 Å². The Morgan fingerprint density at radius 1 is 1.56 bits per heavy atom. The van der Waals surface area contributed by atoms with E-state index in [-0.39, 0.29) is 24.3 Å². The number of aliphatic hydroxyl groups excluding tert-OH is 1. The van der Waals surface area contributed by atoms with Crippen LogP contribution in [0.4, 0.5) is 0 Å². The van der Waals surface area contributed by atoms with Gasteiger partial charge in [0, 0.05) is 6.54 Å². The van der Waals surface area contributed by atoms with E-state index < -0.39 is 5.91 Å². The Balaban J connectivity index is 1.80. The molecule has 0 saturated carbocycles. The van der Waals surface area contributed by atoms with E-state index in [1.807, 2.05) is 4.90 Å². The molecule has 1 saturated heterocycles. The van der Waals surface area contributed by atoms with Gasteiger partial charge in [-0.25, -0.2) is 0 Å². The number of nitrogens with zero attached hydrogens (tertiary/aromatic N) is 1. The Bertz CT molecular complexity index is 416. The Kier molecular flexibility index (Phi) is 4.11. The first-order valence-corrected chi connectivity index (χ1v) is 5.93. The predicted molar refractivity (Wildman–Crippen MR) is 62.9 cm³/mol. The van der Waals surface area contributed by atoms with E-state index in [9.17, 15) is 14.7 Å². The van der Waals surface area contributed by atoms with Gasteiger partial charge in [0.25, 0.3) is 5.91 Å². The van der Waals surface area contributed by atoms with Crippen molar-refractivity contribution in [2.24, 2.45) is 0 Å². The number of piperidine rings is 1. The molecule has 6 nitrogen and oxygen atoms in total. The number of carbonyl (C=O) groups excluding carboxylic acids is 2. The maximum atomic E-state index is 11.6. The third-order valence-corrected chi connectivity index (χ3v) is 2.85. The summed E-state index contributed by atoms with van der Waals surface area (Å²) in [6.07, 6.45) is 2.62. The monoisotopic (exact) mass is 252 g/mol. The minimum atomic E-state index is -0.539. The van der Waals surface area contributed by atoms with Crippen LogP contribution in [0.1, 0.15) is 23.4 Å². The minimum Gasteiger partial charge on any atom is -0.459 e. The van der Waals surface area contributed by atoms with Crippen LogP contribution in [0.15, 0.2) is 22.8 Å². The van der Waals surface area contributed by atoms with Crippen molar-refractivity contribution < 1.29 is 19.1 Å². The van der Waals surface area contributed by atoms with E-state index >= 15 is 0 Å². The van der Waals surface area contributed by atoms with Crippen molar-refractivity contribution in [2.75, 3.05) is 19.6 Å². The number of aliphatic hydroxyl groups is 1. The van der Waals surface area contributed by atoms with Crippen LogP contribution in [0.3, 0.4) is 0 Å². The fourth-order valence-corrected chi connectivity index (χ4v) is 2.01. The highest BCUT2D eigenvalue weighted by Crippen LogP contribution is 2.09. The summed E-state index contributed by atoms with van der Waals surface area (Å²) in [7, 11) is 0. The van der Waals surface area contributed by atoms with Crippen molar-refractivity contribution in [3.8, 4) is 0 Å². The molecule has 1 aliphatic rings. The molecule has 98 valence electrons. The van der Waals surface area contributed by atoms with Crippen LogP contribution in [0, 0.1) is 0 Å². The summed E-state index contributed by atoms with van der Waals surface area (Å²) in [6, 6.07) is 3.08. The lowest BCUT2D eigenvalue weighted by Gasteiger charge is -2.29. The topological polar surface area (TPSA) is 82.8 Å². The van der Waals surface area contributed by atoms with Crippen LogP contribution >= 0.6 is 0 Å². The summed E-state index contributed by atoms with van der Waals surface area (Å²) in [5.74, 6) is -0.810. The molecule has 0 radical (unpaired) electrons.